The Morgan fingerprint density at radius 3 is 2.79 bits per heavy atom. The molecule has 0 amide bonds. The highest BCUT2D eigenvalue weighted by atomic mass is 16.6. The van der Waals surface area contributed by atoms with Crippen LogP contribution in [0.5, 0.6) is 11.5 Å². The highest BCUT2D eigenvalue weighted by molar-refractivity contribution is 5.50. The summed E-state index contributed by atoms with van der Waals surface area (Å²) in [6.45, 7) is 1.67. The zero-order valence-corrected chi connectivity index (χ0v) is 10.8. The highest BCUT2D eigenvalue weighted by Crippen LogP contribution is 2.31. The minimum Gasteiger partial charge on any atom is -0.497 e. The molecule has 1 aromatic carbocycles. The van der Waals surface area contributed by atoms with Crippen LogP contribution in [-0.2, 0) is 0 Å². The lowest BCUT2D eigenvalue weighted by molar-refractivity contribution is -0.385. The Morgan fingerprint density at radius 1 is 1.58 bits per heavy atom. The maximum Gasteiger partial charge on any atom is 0.311 e. The molecule has 0 saturated carbocycles. The van der Waals surface area contributed by atoms with Crippen LogP contribution in [0.4, 0.5) is 5.69 Å². The van der Waals surface area contributed by atoms with E-state index < -0.39 is 10.5 Å². The van der Waals surface area contributed by atoms with E-state index >= 15 is 0 Å². The molecular weight excluding hydrogens is 250 g/mol. The second-order valence-electron chi connectivity index (χ2n) is 4.22. The van der Waals surface area contributed by atoms with E-state index in [9.17, 15) is 10.1 Å². The number of nitrogens with two attached hydrogens (primary N) is 1. The van der Waals surface area contributed by atoms with Gasteiger partial charge >= 0.3 is 5.69 Å². The van der Waals surface area contributed by atoms with Crippen molar-refractivity contribution in [3.8, 4) is 17.6 Å². The maximum absolute atomic E-state index is 10.8. The molecule has 0 spiro atoms. The van der Waals surface area contributed by atoms with Gasteiger partial charge in [-0.2, -0.15) is 5.26 Å². The molecule has 0 bridgehead atoms. The van der Waals surface area contributed by atoms with Crippen molar-refractivity contribution in [1.29, 1.82) is 5.26 Å². The van der Waals surface area contributed by atoms with Gasteiger partial charge in [0.15, 0.2) is 0 Å². The van der Waals surface area contributed by atoms with Crippen LogP contribution in [0.15, 0.2) is 18.2 Å². The van der Waals surface area contributed by atoms with E-state index in [1.165, 1.54) is 25.3 Å². The van der Waals surface area contributed by atoms with Gasteiger partial charge in [-0.15, -0.1) is 0 Å². The van der Waals surface area contributed by atoms with Crippen molar-refractivity contribution in [3.05, 3.63) is 28.3 Å². The number of nitro benzene ring substituents is 1. The van der Waals surface area contributed by atoms with Gasteiger partial charge in [-0.25, -0.2) is 0 Å². The summed E-state index contributed by atoms with van der Waals surface area (Å²) in [5.41, 5.74) is 4.46. The highest BCUT2D eigenvalue weighted by Gasteiger charge is 2.20. The topological polar surface area (TPSA) is 111 Å². The zero-order valence-electron chi connectivity index (χ0n) is 10.8. The summed E-state index contributed by atoms with van der Waals surface area (Å²) < 4.78 is 10.3. The van der Waals surface area contributed by atoms with Crippen LogP contribution >= 0.6 is 0 Å². The van der Waals surface area contributed by atoms with Gasteiger partial charge in [0, 0.05) is 18.6 Å². The second-order valence-corrected chi connectivity index (χ2v) is 4.22. The van der Waals surface area contributed by atoms with Gasteiger partial charge in [-0.1, -0.05) is 0 Å². The molecule has 0 radical (unpaired) electrons. The summed E-state index contributed by atoms with van der Waals surface area (Å²) in [6.07, 6.45) is 0.262. The largest absolute Gasteiger partial charge is 0.497 e. The van der Waals surface area contributed by atoms with Crippen molar-refractivity contribution in [3.63, 3.8) is 0 Å². The molecule has 19 heavy (non-hydrogen) atoms. The van der Waals surface area contributed by atoms with Crippen LogP contribution in [0.3, 0.4) is 0 Å². The van der Waals surface area contributed by atoms with Crippen LogP contribution < -0.4 is 15.2 Å². The number of nitrogens with zero attached hydrogens (tertiary/aromatic N) is 2. The molecule has 0 saturated heterocycles. The van der Waals surface area contributed by atoms with Crippen molar-refractivity contribution in [2.24, 2.45) is 5.73 Å². The summed E-state index contributed by atoms with van der Waals surface area (Å²) >= 11 is 0. The molecule has 2 N–H and O–H groups in total. The third-order valence-corrected chi connectivity index (χ3v) is 2.50. The lowest BCUT2D eigenvalue weighted by Crippen LogP contribution is -2.35. The Labute approximate surface area is 110 Å². The van der Waals surface area contributed by atoms with E-state index in [-0.39, 0.29) is 24.5 Å². The van der Waals surface area contributed by atoms with Crippen LogP contribution in [0.2, 0.25) is 0 Å². The fourth-order valence-corrected chi connectivity index (χ4v) is 1.32. The van der Waals surface area contributed by atoms with E-state index in [1.54, 1.807) is 6.92 Å². The van der Waals surface area contributed by atoms with E-state index in [0.29, 0.717) is 5.75 Å². The normalized spacial score (nSPS) is 13.2. The minimum atomic E-state index is -1.02. The Balaban J connectivity index is 2.81. The third-order valence-electron chi connectivity index (χ3n) is 2.50. The molecule has 1 rings (SSSR count). The van der Waals surface area contributed by atoms with Gasteiger partial charge in [0.25, 0.3) is 0 Å². The number of hydrogen-bond donors (Lipinski definition) is 1. The van der Waals surface area contributed by atoms with Crippen LogP contribution in [0.1, 0.15) is 13.3 Å². The number of methoxy groups -OCH3 is 1. The SMILES string of the molecule is COc1ccc([N+](=O)[O-])c(OCCC(C)(N)C#N)c1. The van der Waals surface area contributed by atoms with Crippen LogP contribution in [0, 0.1) is 21.4 Å². The number of benzene rings is 1. The van der Waals surface area contributed by atoms with E-state index in [0.717, 1.165) is 0 Å². The average molecular weight is 265 g/mol. The summed E-state index contributed by atoms with van der Waals surface area (Å²) in [7, 11) is 1.46. The molecule has 102 valence electrons. The van der Waals surface area contributed by atoms with E-state index in [4.69, 9.17) is 20.5 Å². The van der Waals surface area contributed by atoms with Crippen LogP contribution in [-0.4, -0.2) is 24.2 Å². The standard InChI is InChI=1S/C12H15N3O4/c1-12(14,8-13)5-6-19-11-7-9(18-2)3-4-10(11)15(16)17/h3-4,7H,5-6,14H2,1-2H3. The smallest absolute Gasteiger partial charge is 0.311 e. The van der Waals surface area contributed by atoms with Gasteiger partial charge < -0.3 is 15.2 Å². The lowest BCUT2D eigenvalue weighted by atomic mass is 10.0. The van der Waals surface area contributed by atoms with Crippen molar-refractivity contribution in [2.45, 2.75) is 18.9 Å². The van der Waals surface area contributed by atoms with E-state index in [1.807, 2.05) is 6.07 Å². The average Bonchev–Trinajstić information content (AvgIpc) is 2.38. The summed E-state index contributed by atoms with van der Waals surface area (Å²) in [4.78, 5) is 10.3. The Morgan fingerprint density at radius 2 is 2.26 bits per heavy atom. The summed E-state index contributed by atoms with van der Waals surface area (Å²) in [6, 6.07) is 6.14. The van der Waals surface area contributed by atoms with Crippen molar-refractivity contribution in [2.75, 3.05) is 13.7 Å². The zero-order chi connectivity index (χ0) is 14.5. The van der Waals surface area contributed by atoms with Gasteiger partial charge in [0.2, 0.25) is 5.75 Å². The van der Waals surface area contributed by atoms with Crippen molar-refractivity contribution in [1.82, 2.24) is 0 Å². The Bertz CT molecular complexity index is 508. The molecule has 1 unspecified atom stereocenters. The Kier molecular flexibility index (Phi) is 4.67. The molecular formula is C12H15N3O4. The summed E-state index contributed by atoms with van der Waals surface area (Å²) in [5, 5.41) is 19.6. The third kappa shape index (κ3) is 4.12. The molecule has 7 heteroatoms. The minimum absolute atomic E-state index is 0.0955. The predicted octanol–water partition coefficient (Wildman–Crippen LogP) is 1.61. The molecule has 1 aromatic rings. The van der Waals surface area contributed by atoms with Crippen LogP contribution in [0.25, 0.3) is 0 Å². The number of ether oxygens (including phenoxy) is 2. The molecule has 0 aromatic heterocycles. The predicted molar refractivity (Wildman–Crippen MR) is 68.0 cm³/mol. The lowest BCUT2D eigenvalue weighted by Gasteiger charge is -2.15. The van der Waals surface area contributed by atoms with Gasteiger partial charge in [0.1, 0.15) is 11.3 Å². The molecule has 0 fully saturated rings. The van der Waals surface area contributed by atoms with E-state index in [2.05, 4.69) is 0 Å². The molecule has 0 aliphatic rings. The summed E-state index contributed by atoms with van der Waals surface area (Å²) in [5.74, 6) is 0.550. The fraction of sp³-hybridized carbons (Fsp3) is 0.417. The van der Waals surface area contributed by atoms with Gasteiger partial charge in [-0.3, -0.25) is 10.1 Å². The molecule has 0 aliphatic carbocycles. The first-order chi connectivity index (χ1) is 8.89. The number of nitro groups is 1. The quantitative estimate of drug-likeness (QED) is 0.617. The first kappa shape index (κ1) is 14.7. The van der Waals surface area contributed by atoms with Gasteiger partial charge in [0.05, 0.1) is 24.7 Å². The maximum atomic E-state index is 10.8. The van der Waals surface area contributed by atoms with Crippen molar-refractivity contribution < 1.29 is 14.4 Å². The molecule has 7 nitrogen and oxygen atoms in total. The first-order valence-electron chi connectivity index (χ1n) is 5.55. The number of hydrogen-bond acceptors (Lipinski definition) is 6. The second kappa shape index (κ2) is 6.02. The number of nitriles is 1. The molecule has 0 heterocycles. The first-order valence-corrected chi connectivity index (χ1v) is 5.55. The van der Waals surface area contributed by atoms with Crippen molar-refractivity contribution >= 4 is 5.69 Å². The Hall–Kier alpha value is -2.33. The van der Waals surface area contributed by atoms with Gasteiger partial charge in [-0.05, 0) is 13.0 Å². The number of rotatable bonds is 6. The fourth-order valence-electron chi connectivity index (χ4n) is 1.32. The monoisotopic (exact) mass is 265 g/mol. The molecule has 0 aliphatic heterocycles. The molecule has 1 atom stereocenters.